The van der Waals surface area contributed by atoms with E-state index in [1.807, 2.05) is 19.1 Å². The molecule has 6 heteroatoms. The SMILES string of the molecule is Cc1ccnn1CCS(=O)(=O)c1cccc(C#N)c1. The van der Waals surface area contributed by atoms with Gasteiger partial charge in [-0.2, -0.15) is 10.4 Å². The van der Waals surface area contributed by atoms with E-state index in [-0.39, 0.29) is 10.6 Å². The number of nitrogens with zero attached hydrogens (tertiary/aromatic N) is 3. The van der Waals surface area contributed by atoms with E-state index < -0.39 is 9.84 Å². The van der Waals surface area contributed by atoms with Crippen molar-refractivity contribution in [3.8, 4) is 6.07 Å². The summed E-state index contributed by atoms with van der Waals surface area (Å²) in [5.41, 5.74) is 1.26. The van der Waals surface area contributed by atoms with Crippen LogP contribution in [0.5, 0.6) is 0 Å². The van der Waals surface area contributed by atoms with E-state index in [4.69, 9.17) is 5.26 Å². The molecule has 2 aromatic rings. The number of nitriles is 1. The quantitative estimate of drug-likeness (QED) is 0.848. The molecule has 0 amide bonds. The summed E-state index contributed by atoms with van der Waals surface area (Å²) in [5, 5.41) is 12.8. The van der Waals surface area contributed by atoms with Gasteiger partial charge in [0.2, 0.25) is 0 Å². The Hall–Kier alpha value is -2.13. The van der Waals surface area contributed by atoms with Crippen molar-refractivity contribution in [2.45, 2.75) is 18.4 Å². The van der Waals surface area contributed by atoms with Gasteiger partial charge in [0.1, 0.15) is 0 Å². The van der Waals surface area contributed by atoms with Crippen LogP contribution >= 0.6 is 0 Å². The Morgan fingerprint density at radius 3 is 2.79 bits per heavy atom. The van der Waals surface area contributed by atoms with Crippen molar-refractivity contribution in [2.75, 3.05) is 5.75 Å². The summed E-state index contributed by atoms with van der Waals surface area (Å²) in [6, 6.07) is 9.81. The molecule has 0 spiro atoms. The molecule has 0 aliphatic rings. The monoisotopic (exact) mass is 275 g/mol. The first-order chi connectivity index (χ1) is 9.03. The zero-order valence-corrected chi connectivity index (χ0v) is 11.3. The maximum atomic E-state index is 12.2. The van der Waals surface area contributed by atoms with Crippen molar-refractivity contribution < 1.29 is 8.42 Å². The highest BCUT2D eigenvalue weighted by molar-refractivity contribution is 7.91. The minimum absolute atomic E-state index is 0.0373. The van der Waals surface area contributed by atoms with E-state index in [2.05, 4.69) is 5.10 Å². The van der Waals surface area contributed by atoms with Crippen LogP contribution in [0.1, 0.15) is 11.3 Å². The highest BCUT2D eigenvalue weighted by atomic mass is 32.2. The van der Waals surface area contributed by atoms with Gasteiger partial charge in [0.05, 0.1) is 28.8 Å². The van der Waals surface area contributed by atoms with E-state index in [1.165, 1.54) is 12.1 Å². The Morgan fingerprint density at radius 1 is 1.37 bits per heavy atom. The van der Waals surface area contributed by atoms with Crippen LogP contribution in [0.15, 0.2) is 41.4 Å². The predicted octanol–water partition coefficient (Wildman–Crippen LogP) is 1.54. The molecule has 98 valence electrons. The first-order valence-corrected chi connectivity index (χ1v) is 7.39. The number of benzene rings is 1. The Labute approximate surface area is 112 Å². The lowest BCUT2D eigenvalue weighted by Gasteiger charge is -2.06. The van der Waals surface area contributed by atoms with Gasteiger partial charge >= 0.3 is 0 Å². The lowest BCUT2D eigenvalue weighted by atomic mass is 10.2. The number of rotatable bonds is 4. The molecule has 0 N–H and O–H groups in total. The highest BCUT2D eigenvalue weighted by Gasteiger charge is 2.15. The van der Waals surface area contributed by atoms with Gasteiger partial charge in [-0.25, -0.2) is 8.42 Å². The number of sulfone groups is 1. The van der Waals surface area contributed by atoms with Gasteiger partial charge in [-0.05, 0) is 31.2 Å². The summed E-state index contributed by atoms with van der Waals surface area (Å²) in [5.74, 6) is -0.0373. The molecule has 0 saturated carbocycles. The zero-order chi connectivity index (χ0) is 13.9. The maximum absolute atomic E-state index is 12.2. The molecule has 1 heterocycles. The number of hydrogen-bond donors (Lipinski definition) is 0. The van der Waals surface area contributed by atoms with Crippen LogP contribution < -0.4 is 0 Å². The summed E-state index contributed by atoms with van der Waals surface area (Å²) >= 11 is 0. The molecule has 0 radical (unpaired) electrons. The standard InChI is InChI=1S/C13H13N3O2S/c1-11-5-6-15-16(11)7-8-19(17,18)13-4-2-3-12(9-13)10-14/h2-6,9H,7-8H2,1H3. The normalized spacial score (nSPS) is 11.2. The van der Waals surface area contributed by atoms with Crippen LogP contribution in [0.3, 0.4) is 0 Å². The molecular weight excluding hydrogens is 262 g/mol. The predicted molar refractivity (Wildman–Crippen MR) is 70.2 cm³/mol. The number of aromatic nitrogens is 2. The van der Waals surface area contributed by atoms with Crippen LogP contribution in [0.25, 0.3) is 0 Å². The molecule has 0 fully saturated rings. The summed E-state index contributed by atoms with van der Waals surface area (Å²) in [4.78, 5) is 0.177. The van der Waals surface area contributed by atoms with Gasteiger partial charge in [-0.15, -0.1) is 0 Å². The minimum Gasteiger partial charge on any atom is -0.269 e. The zero-order valence-electron chi connectivity index (χ0n) is 10.4. The van der Waals surface area contributed by atoms with Gasteiger partial charge in [-0.3, -0.25) is 4.68 Å². The average molecular weight is 275 g/mol. The van der Waals surface area contributed by atoms with E-state index in [9.17, 15) is 8.42 Å². The first kappa shape index (κ1) is 13.3. The maximum Gasteiger partial charge on any atom is 0.180 e. The third-order valence-electron chi connectivity index (χ3n) is 2.82. The van der Waals surface area contributed by atoms with Crippen molar-refractivity contribution >= 4 is 9.84 Å². The van der Waals surface area contributed by atoms with Crippen molar-refractivity contribution in [2.24, 2.45) is 0 Å². The molecule has 0 bridgehead atoms. The largest absolute Gasteiger partial charge is 0.269 e. The van der Waals surface area contributed by atoms with Gasteiger partial charge in [0.15, 0.2) is 9.84 Å². The van der Waals surface area contributed by atoms with E-state index >= 15 is 0 Å². The Morgan fingerprint density at radius 2 is 2.16 bits per heavy atom. The van der Waals surface area contributed by atoms with Crippen molar-refractivity contribution in [3.05, 3.63) is 47.8 Å². The fraction of sp³-hybridized carbons (Fsp3) is 0.231. The Bertz CT molecular complexity index is 726. The van der Waals surface area contributed by atoms with Crippen LogP contribution in [0, 0.1) is 18.3 Å². The smallest absolute Gasteiger partial charge is 0.180 e. The summed E-state index contributed by atoms with van der Waals surface area (Å²) < 4.78 is 26.0. The second kappa shape index (κ2) is 5.24. The fourth-order valence-electron chi connectivity index (χ4n) is 1.72. The summed E-state index contributed by atoms with van der Waals surface area (Å²) in [7, 11) is -3.40. The van der Waals surface area contributed by atoms with Gasteiger partial charge in [0.25, 0.3) is 0 Å². The molecule has 0 aliphatic carbocycles. The molecule has 2 rings (SSSR count). The van der Waals surface area contributed by atoms with Crippen LogP contribution in [0.2, 0.25) is 0 Å². The van der Waals surface area contributed by atoms with Gasteiger partial charge in [-0.1, -0.05) is 6.07 Å². The van der Waals surface area contributed by atoms with Gasteiger partial charge in [0, 0.05) is 11.9 Å². The number of aryl methyl sites for hydroxylation is 2. The lowest BCUT2D eigenvalue weighted by Crippen LogP contribution is -2.15. The van der Waals surface area contributed by atoms with E-state index in [0.717, 1.165) is 5.69 Å². The van der Waals surface area contributed by atoms with Crippen LogP contribution in [-0.4, -0.2) is 24.0 Å². The molecule has 0 saturated heterocycles. The fourth-order valence-corrected chi connectivity index (χ4v) is 2.96. The Kier molecular flexibility index (Phi) is 3.67. The molecule has 1 aromatic heterocycles. The summed E-state index contributed by atoms with van der Waals surface area (Å²) in [6.45, 7) is 2.17. The third kappa shape index (κ3) is 3.01. The average Bonchev–Trinajstić information content (AvgIpc) is 2.82. The van der Waals surface area contributed by atoms with Crippen LogP contribution in [0.4, 0.5) is 0 Å². The lowest BCUT2D eigenvalue weighted by molar-refractivity contribution is 0.577. The molecule has 0 atom stereocenters. The Balaban J connectivity index is 2.19. The van der Waals surface area contributed by atoms with E-state index in [1.54, 1.807) is 23.0 Å². The molecule has 5 nitrogen and oxygen atoms in total. The molecule has 1 aromatic carbocycles. The minimum atomic E-state index is -3.40. The van der Waals surface area contributed by atoms with Crippen molar-refractivity contribution in [1.82, 2.24) is 9.78 Å². The third-order valence-corrected chi connectivity index (χ3v) is 4.52. The van der Waals surface area contributed by atoms with Crippen LogP contribution in [-0.2, 0) is 16.4 Å². The molecule has 19 heavy (non-hydrogen) atoms. The highest BCUT2D eigenvalue weighted by Crippen LogP contribution is 2.13. The van der Waals surface area contributed by atoms with E-state index in [0.29, 0.717) is 12.1 Å². The van der Waals surface area contributed by atoms with Gasteiger partial charge < -0.3 is 0 Å². The van der Waals surface area contributed by atoms with Crippen molar-refractivity contribution in [3.63, 3.8) is 0 Å². The topological polar surface area (TPSA) is 75.8 Å². The molecule has 0 unspecified atom stereocenters. The van der Waals surface area contributed by atoms with Crippen molar-refractivity contribution in [1.29, 1.82) is 5.26 Å². The second-order valence-electron chi connectivity index (χ2n) is 4.15. The molecular formula is C13H13N3O2S. The second-order valence-corrected chi connectivity index (χ2v) is 6.26. The number of hydrogen-bond acceptors (Lipinski definition) is 4. The molecule has 0 aliphatic heterocycles. The summed E-state index contributed by atoms with van der Waals surface area (Å²) in [6.07, 6.45) is 1.64. The first-order valence-electron chi connectivity index (χ1n) is 5.74.